The first-order valence-electron chi connectivity index (χ1n) is 7.83. The lowest BCUT2D eigenvalue weighted by atomic mass is 9.97. The Balaban J connectivity index is 2.08. The fourth-order valence-electron chi connectivity index (χ4n) is 2.58. The Hall–Kier alpha value is -1.60. The van der Waals surface area contributed by atoms with Crippen LogP contribution in [0, 0.1) is 0 Å². The molecular weight excluding hydrogens is 370 g/mol. The normalized spacial score (nSPS) is 29.3. The van der Waals surface area contributed by atoms with Crippen molar-refractivity contribution in [2.45, 2.75) is 37.6 Å². The van der Waals surface area contributed by atoms with Gasteiger partial charge in [0.25, 0.3) is 0 Å². The monoisotopic (exact) mass is 391 g/mol. The summed E-state index contributed by atoms with van der Waals surface area (Å²) < 4.78 is 48.5. The lowest BCUT2D eigenvalue weighted by Gasteiger charge is -2.42. The second kappa shape index (κ2) is 8.86. The van der Waals surface area contributed by atoms with Gasteiger partial charge in [0.05, 0.1) is 11.6 Å². The minimum absolute atomic E-state index is 0.0924. The average molecular weight is 391 g/mol. The molecule has 0 spiro atoms. The highest BCUT2D eigenvalue weighted by atomic mass is 32.2. The molecule has 0 radical (unpaired) electrons. The molecule has 2 rings (SSSR count). The number of nitrogens with one attached hydrogen (secondary N) is 1. The predicted molar refractivity (Wildman–Crippen MR) is 87.5 cm³/mol. The molecule has 1 saturated heterocycles. The van der Waals surface area contributed by atoms with Gasteiger partial charge in [-0.25, -0.2) is 4.79 Å². The predicted octanol–water partition coefficient (Wildman–Crippen LogP) is -0.912. The van der Waals surface area contributed by atoms with Gasteiger partial charge >= 0.3 is 16.3 Å². The van der Waals surface area contributed by atoms with Crippen molar-refractivity contribution in [2.24, 2.45) is 0 Å². The molecule has 11 heteroatoms. The van der Waals surface area contributed by atoms with Crippen LogP contribution in [0.2, 0.25) is 0 Å². The Morgan fingerprint density at radius 2 is 1.92 bits per heavy atom. The van der Waals surface area contributed by atoms with E-state index in [-0.39, 0.29) is 12.2 Å². The third-order valence-corrected chi connectivity index (χ3v) is 4.30. The lowest BCUT2D eigenvalue weighted by molar-refractivity contribution is -0.269. The van der Waals surface area contributed by atoms with Gasteiger partial charge in [0, 0.05) is 6.61 Å². The lowest BCUT2D eigenvalue weighted by Crippen LogP contribution is -2.65. The fraction of sp³-hybridized carbons (Fsp3) is 0.533. The van der Waals surface area contributed by atoms with Crippen molar-refractivity contribution in [2.75, 3.05) is 13.2 Å². The van der Waals surface area contributed by atoms with Crippen molar-refractivity contribution in [1.29, 1.82) is 0 Å². The van der Waals surface area contributed by atoms with E-state index in [2.05, 4.69) is 0 Å². The number of rotatable bonds is 7. The van der Waals surface area contributed by atoms with Gasteiger partial charge in [-0.1, -0.05) is 18.2 Å². The van der Waals surface area contributed by atoms with Crippen LogP contribution in [0.25, 0.3) is 0 Å². The first-order valence-corrected chi connectivity index (χ1v) is 9.27. The number of carbonyl (C=O) groups is 1. The Bertz CT molecular complexity index is 696. The summed E-state index contributed by atoms with van der Waals surface area (Å²) in [5, 5.41) is 20.4. The van der Waals surface area contributed by atoms with Crippen molar-refractivity contribution < 1.29 is 42.2 Å². The molecule has 146 valence electrons. The molecule has 1 aromatic carbocycles. The summed E-state index contributed by atoms with van der Waals surface area (Å²) in [5.74, 6) is -0.679. The molecule has 0 saturated carbocycles. The highest BCUT2D eigenvalue weighted by Crippen LogP contribution is 2.23. The molecule has 1 aliphatic heterocycles. The first kappa shape index (κ1) is 20.7. The Kier molecular flexibility index (Phi) is 7.06. The molecule has 0 bridgehead atoms. The first-order chi connectivity index (χ1) is 12.2. The summed E-state index contributed by atoms with van der Waals surface area (Å²) in [7, 11) is -4.69. The molecule has 26 heavy (non-hydrogen) atoms. The van der Waals surface area contributed by atoms with Crippen molar-refractivity contribution in [3.8, 4) is 0 Å². The van der Waals surface area contributed by atoms with Gasteiger partial charge < -0.3 is 24.4 Å². The number of aliphatic hydroxyl groups is 2. The van der Waals surface area contributed by atoms with E-state index in [1.165, 1.54) is 12.1 Å². The Morgan fingerprint density at radius 3 is 2.50 bits per heavy atom. The minimum atomic E-state index is -4.69. The molecule has 1 fully saturated rings. The van der Waals surface area contributed by atoms with Gasteiger partial charge in [0.1, 0.15) is 24.9 Å². The summed E-state index contributed by atoms with van der Waals surface area (Å²) in [6.45, 7) is 1.24. The second-order valence-electron chi connectivity index (χ2n) is 5.56. The minimum Gasteiger partial charge on any atom is -0.459 e. The topological polar surface area (TPSA) is 152 Å². The van der Waals surface area contributed by atoms with E-state index in [4.69, 9.17) is 18.8 Å². The van der Waals surface area contributed by atoms with Crippen molar-refractivity contribution in [3.63, 3.8) is 0 Å². The number of hydrogen-bond donors (Lipinski definition) is 4. The van der Waals surface area contributed by atoms with Crippen LogP contribution in [0.4, 0.5) is 0 Å². The van der Waals surface area contributed by atoms with Crippen LogP contribution < -0.4 is 4.72 Å². The number of benzene rings is 1. The van der Waals surface area contributed by atoms with Crippen molar-refractivity contribution in [1.82, 2.24) is 4.72 Å². The molecule has 10 nitrogen and oxygen atoms in total. The van der Waals surface area contributed by atoms with Gasteiger partial charge in [-0.05, 0) is 19.1 Å². The second-order valence-corrected chi connectivity index (χ2v) is 6.74. The van der Waals surface area contributed by atoms with Crippen LogP contribution in [-0.2, 0) is 24.5 Å². The smallest absolute Gasteiger partial charge is 0.338 e. The zero-order valence-corrected chi connectivity index (χ0v) is 14.7. The number of ether oxygens (including phenoxy) is 3. The fourth-order valence-corrected chi connectivity index (χ4v) is 3.20. The van der Waals surface area contributed by atoms with Gasteiger partial charge in [-0.15, -0.1) is 0 Å². The van der Waals surface area contributed by atoms with Crippen LogP contribution in [0.3, 0.4) is 0 Å². The highest BCUT2D eigenvalue weighted by Gasteiger charge is 2.47. The van der Waals surface area contributed by atoms with Gasteiger partial charge in [-0.2, -0.15) is 13.1 Å². The molecule has 0 aliphatic carbocycles. The molecule has 0 amide bonds. The van der Waals surface area contributed by atoms with Crippen LogP contribution in [-0.4, -0.2) is 73.0 Å². The van der Waals surface area contributed by atoms with E-state index in [0.717, 1.165) is 0 Å². The maximum Gasteiger partial charge on any atom is 0.338 e. The zero-order chi connectivity index (χ0) is 19.3. The number of carbonyl (C=O) groups excluding carboxylic acids is 1. The quantitative estimate of drug-likeness (QED) is 0.342. The molecule has 1 aliphatic rings. The molecule has 0 unspecified atom stereocenters. The molecule has 0 aromatic heterocycles. The molecule has 5 atom stereocenters. The van der Waals surface area contributed by atoms with E-state index in [0.29, 0.717) is 0 Å². The van der Waals surface area contributed by atoms with Crippen LogP contribution in [0.1, 0.15) is 17.3 Å². The van der Waals surface area contributed by atoms with Crippen LogP contribution >= 0.6 is 0 Å². The van der Waals surface area contributed by atoms with Gasteiger partial charge in [0.2, 0.25) is 0 Å². The average Bonchev–Trinajstić information content (AvgIpc) is 2.59. The van der Waals surface area contributed by atoms with E-state index in [1.54, 1.807) is 29.8 Å². The van der Waals surface area contributed by atoms with Crippen molar-refractivity contribution in [3.05, 3.63) is 35.9 Å². The number of esters is 1. The summed E-state index contributed by atoms with van der Waals surface area (Å²) in [5.41, 5.74) is 0.276. The van der Waals surface area contributed by atoms with Crippen LogP contribution in [0.5, 0.6) is 0 Å². The largest absolute Gasteiger partial charge is 0.459 e. The number of hydrogen-bond acceptors (Lipinski definition) is 8. The van der Waals surface area contributed by atoms with Gasteiger partial charge in [0.15, 0.2) is 6.29 Å². The maximum absolute atomic E-state index is 12.0. The SMILES string of the molecule is CCO[C@H]1[C@@H](NS(=O)(=O)O)[C@H](O)[C@@H](COC(=O)c2ccccc2)O[C@@H]1O. The van der Waals surface area contributed by atoms with E-state index >= 15 is 0 Å². The van der Waals surface area contributed by atoms with Crippen LogP contribution in [0.15, 0.2) is 30.3 Å². The third-order valence-electron chi connectivity index (χ3n) is 3.73. The molecule has 1 heterocycles. The number of aliphatic hydroxyl groups excluding tert-OH is 2. The van der Waals surface area contributed by atoms with E-state index in [9.17, 15) is 23.4 Å². The molecule has 1 aromatic rings. The van der Waals surface area contributed by atoms with Gasteiger partial charge in [-0.3, -0.25) is 4.55 Å². The Labute approximate surface area is 150 Å². The summed E-state index contributed by atoms with van der Waals surface area (Å²) in [6.07, 6.45) is -5.68. The third kappa shape index (κ3) is 5.45. The summed E-state index contributed by atoms with van der Waals surface area (Å²) >= 11 is 0. The van der Waals surface area contributed by atoms with E-state index < -0.39 is 53.5 Å². The summed E-state index contributed by atoms with van der Waals surface area (Å²) in [4.78, 5) is 12.0. The molecule has 4 N–H and O–H groups in total. The standard InChI is InChI=1S/C15H21NO9S/c1-2-23-13-11(16-26(20,21)22)12(17)10(25-15(13)19)8-24-14(18)9-6-4-3-5-7-9/h3-7,10-13,15-17,19H,2,8H2,1H3,(H,20,21,22)/t10-,11+,12-,13+,15+/m1/s1. The zero-order valence-electron chi connectivity index (χ0n) is 13.9. The molecular formula is C15H21NO9S. The van der Waals surface area contributed by atoms with Crippen molar-refractivity contribution >= 4 is 16.3 Å². The maximum atomic E-state index is 12.0. The highest BCUT2D eigenvalue weighted by molar-refractivity contribution is 7.83. The Morgan fingerprint density at radius 1 is 1.27 bits per heavy atom. The van der Waals surface area contributed by atoms with E-state index in [1.807, 2.05) is 0 Å². The summed E-state index contributed by atoms with van der Waals surface area (Å²) in [6, 6.07) is 6.66.